The molecule has 23 heavy (non-hydrogen) atoms. The number of amides is 2. The van der Waals surface area contributed by atoms with Crippen LogP contribution in [0.3, 0.4) is 0 Å². The zero-order valence-electron chi connectivity index (χ0n) is 14.3. The van der Waals surface area contributed by atoms with Gasteiger partial charge in [-0.05, 0) is 26.2 Å². The molecule has 2 rings (SSSR count). The van der Waals surface area contributed by atoms with Gasteiger partial charge in [0.15, 0.2) is 0 Å². The van der Waals surface area contributed by atoms with Crippen LogP contribution in [0.4, 0.5) is 0 Å². The Morgan fingerprint density at radius 2 is 2.22 bits per heavy atom. The third kappa shape index (κ3) is 4.30. The molecule has 1 fully saturated rings. The van der Waals surface area contributed by atoms with Crippen molar-refractivity contribution in [2.24, 2.45) is 5.92 Å². The Morgan fingerprint density at radius 1 is 1.43 bits per heavy atom. The largest absolute Gasteiger partial charge is 0.347 e. The summed E-state index contributed by atoms with van der Waals surface area (Å²) in [5.74, 6) is 1.04. The number of nitrogens with zero attached hydrogens (tertiary/aromatic N) is 4. The maximum Gasteiger partial charge on any atom is 0.241 e. The highest BCUT2D eigenvalue weighted by Crippen LogP contribution is 2.25. The first kappa shape index (κ1) is 17.4. The van der Waals surface area contributed by atoms with E-state index in [1.807, 2.05) is 23.3 Å². The van der Waals surface area contributed by atoms with E-state index in [-0.39, 0.29) is 30.2 Å². The average Bonchev–Trinajstić information content (AvgIpc) is 3.07. The van der Waals surface area contributed by atoms with Crippen LogP contribution in [0.15, 0.2) is 6.33 Å². The predicted molar refractivity (Wildman–Crippen MR) is 86.7 cm³/mol. The molecule has 128 valence electrons. The fraction of sp³-hybridized carbons (Fsp3) is 0.750. The van der Waals surface area contributed by atoms with Crippen molar-refractivity contribution < 1.29 is 9.59 Å². The summed E-state index contributed by atoms with van der Waals surface area (Å²) in [5.41, 5.74) is 0. The summed E-state index contributed by atoms with van der Waals surface area (Å²) in [6.45, 7) is 8.20. The normalized spacial score (nSPS) is 19.4. The van der Waals surface area contributed by atoms with Gasteiger partial charge < -0.3 is 14.8 Å². The van der Waals surface area contributed by atoms with E-state index in [0.29, 0.717) is 6.54 Å². The fourth-order valence-electron chi connectivity index (χ4n) is 2.87. The summed E-state index contributed by atoms with van der Waals surface area (Å²) in [7, 11) is 0. The lowest BCUT2D eigenvalue weighted by molar-refractivity contribution is -0.134. The maximum absolute atomic E-state index is 12.4. The lowest BCUT2D eigenvalue weighted by atomic mass is 9.97. The molecule has 0 bridgehead atoms. The molecular weight excluding hydrogens is 294 g/mol. The molecule has 1 aliphatic rings. The number of piperidine rings is 1. The van der Waals surface area contributed by atoms with E-state index in [9.17, 15) is 9.59 Å². The van der Waals surface area contributed by atoms with Gasteiger partial charge in [0.2, 0.25) is 11.8 Å². The molecule has 0 spiro atoms. The highest BCUT2D eigenvalue weighted by molar-refractivity contribution is 5.85. The van der Waals surface area contributed by atoms with Crippen molar-refractivity contribution >= 4 is 11.8 Å². The van der Waals surface area contributed by atoms with Crippen molar-refractivity contribution in [1.82, 2.24) is 25.0 Å². The summed E-state index contributed by atoms with van der Waals surface area (Å²) < 4.78 is 2.03. The summed E-state index contributed by atoms with van der Waals surface area (Å²) in [6.07, 6.45) is 4.48. The highest BCUT2D eigenvalue weighted by atomic mass is 16.2. The third-order valence-electron chi connectivity index (χ3n) is 4.60. The Kier molecular flexibility index (Phi) is 6.12. The minimum absolute atomic E-state index is 0.0195. The van der Waals surface area contributed by atoms with E-state index in [0.717, 1.165) is 38.2 Å². The van der Waals surface area contributed by atoms with E-state index in [4.69, 9.17) is 0 Å². The number of likely N-dealkylation sites (tertiary alicyclic amines) is 1. The number of aromatic nitrogens is 3. The van der Waals surface area contributed by atoms with Crippen LogP contribution in [0.2, 0.25) is 0 Å². The standard InChI is InChI=1S/C16H27N5O2/c1-4-12(3)16(23)17-9-14(22)21-8-6-7-13(10-21)15-19-18-11-20(15)5-2/h11-13H,4-10H2,1-3H3,(H,17,23). The maximum atomic E-state index is 12.4. The fourth-order valence-corrected chi connectivity index (χ4v) is 2.87. The molecule has 2 amide bonds. The van der Waals surface area contributed by atoms with Gasteiger partial charge in [-0.1, -0.05) is 13.8 Å². The summed E-state index contributed by atoms with van der Waals surface area (Å²) in [5, 5.41) is 10.9. The molecule has 1 aromatic heterocycles. The number of nitrogens with one attached hydrogen (secondary N) is 1. The van der Waals surface area contributed by atoms with E-state index in [1.54, 1.807) is 6.33 Å². The van der Waals surface area contributed by atoms with Gasteiger partial charge in [0.05, 0.1) is 6.54 Å². The Bertz CT molecular complexity index is 542. The van der Waals surface area contributed by atoms with Gasteiger partial charge in [-0.25, -0.2) is 0 Å². The first-order chi connectivity index (χ1) is 11.1. The number of carbonyl (C=O) groups excluding carboxylic acids is 2. The topological polar surface area (TPSA) is 80.1 Å². The molecule has 0 radical (unpaired) electrons. The number of carbonyl (C=O) groups is 2. The molecule has 1 saturated heterocycles. The molecule has 0 aromatic carbocycles. The number of aryl methyl sites for hydroxylation is 1. The monoisotopic (exact) mass is 321 g/mol. The second-order valence-electron chi connectivity index (χ2n) is 6.18. The molecule has 1 N–H and O–H groups in total. The van der Waals surface area contributed by atoms with Crippen LogP contribution >= 0.6 is 0 Å². The Hall–Kier alpha value is -1.92. The van der Waals surface area contributed by atoms with Crippen molar-refractivity contribution in [3.8, 4) is 0 Å². The van der Waals surface area contributed by atoms with Crippen molar-refractivity contribution in [3.05, 3.63) is 12.2 Å². The van der Waals surface area contributed by atoms with Crippen molar-refractivity contribution in [2.45, 2.75) is 52.5 Å². The second-order valence-corrected chi connectivity index (χ2v) is 6.18. The third-order valence-corrected chi connectivity index (χ3v) is 4.60. The number of hydrogen-bond donors (Lipinski definition) is 1. The predicted octanol–water partition coefficient (Wildman–Crippen LogP) is 1.17. The summed E-state index contributed by atoms with van der Waals surface area (Å²) >= 11 is 0. The summed E-state index contributed by atoms with van der Waals surface area (Å²) in [4.78, 5) is 26.0. The van der Waals surface area contributed by atoms with Crippen LogP contribution in [-0.2, 0) is 16.1 Å². The SMILES string of the molecule is CCC(C)C(=O)NCC(=O)N1CCCC(c2nncn2CC)C1. The molecule has 1 aromatic rings. The molecule has 2 heterocycles. The van der Waals surface area contributed by atoms with Crippen molar-refractivity contribution in [3.63, 3.8) is 0 Å². The van der Waals surface area contributed by atoms with Crippen LogP contribution < -0.4 is 5.32 Å². The Morgan fingerprint density at radius 3 is 2.91 bits per heavy atom. The van der Waals surface area contributed by atoms with Crippen LogP contribution in [0, 0.1) is 5.92 Å². The molecule has 2 atom stereocenters. The van der Waals surface area contributed by atoms with Crippen LogP contribution in [-0.4, -0.2) is 51.1 Å². The molecule has 7 nitrogen and oxygen atoms in total. The van der Waals surface area contributed by atoms with Gasteiger partial charge in [0, 0.05) is 31.5 Å². The molecule has 1 aliphatic heterocycles. The van der Waals surface area contributed by atoms with Crippen LogP contribution in [0.1, 0.15) is 51.8 Å². The molecule has 7 heteroatoms. The molecule has 0 aliphatic carbocycles. The van der Waals surface area contributed by atoms with Gasteiger partial charge in [-0.15, -0.1) is 10.2 Å². The van der Waals surface area contributed by atoms with Gasteiger partial charge in [-0.2, -0.15) is 0 Å². The molecule has 0 saturated carbocycles. The minimum atomic E-state index is -0.0555. The average molecular weight is 321 g/mol. The number of rotatable bonds is 6. The first-order valence-corrected chi connectivity index (χ1v) is 8.49. The lowest BCUT2D eigenvalue weighted by Crippen LogP contribution is -2.45. The van der Waals surface area contributed by atoms with Crippen molar-refractivity contribution in [1.29, 1.82) is 0 Å². The number of hydrogen-bond acceptors (Lipinski definition) is 4. The first-order valence-electron chi connectivity index (χ1n) is 8.49. The van der Waals surface area contributed by atoms with Gasteiger partial charge >= 0.3 is 0 Å². The minimum Gasteiger partial charge on any atom is -0.347 e. The van der Waals surface area contributed by atoms with E-state index < -0.39 is 0 Å². The van der Waals surface area contributed by atoms with E-state index >= 15 is 0 Å². The highest BCUT2D eigenvalue weighted by Gasteiger charge is 2.27. The van der Waals surface area contributed by atoms with Gasteiger partial charge in [-0.3, -0.25) is 9.59 Å². The quantitative estimate of drug-likeness (QED) is 0.853. The Labute approximate surface area is 137 Å². The second kappa shape index (κ2) is 8.08. The van der Waals surface area contributed by atoms with Gasteiger partial charge in [0.25, 0.3) is 0 Å². The van der Waals surface area contributed by atoms with E-state index in [2.05, 4.69) is 22.4 Å². The van der Waals surface area contributed by atoms with Crippen LogP contribution in [0.5, 0.6) is 0 Å². The molecular formula is C16H27N5O2. The molecule has 2 unspecified atom stereocenters. The smallest absolute Gasteiger partial charge is 0.241 e. The Balaban J connectivity index is 1.90. The zero-order chi connectivity index (χ0) is 16.8. The van der Waals surface area contributed by atoms with Crippen molar-refractivity contribution in [2.75, 3.05) is 19.6 Å². The zero-order valence-corrected chi connectivity index (χ0v) is 14.3. The lowest BCUT2D eigenvalue weighted by Gasteiger charge is -2.32. The van der Waals surface area contributed by atoms with E-state index in [1.165, 1.54) is 0 Å². The van der Waals surface area contributed by atoms with Gasteiger partial charge in [0.1, 0.15) is 12.2 Å². The summed E-state index contributed by atoms with van der Waals surface area (Å²) in [6, 6.07) is 0. The van der Waals surface area contributed by atoms with Crippen LogP contribution in [0.25, 0.3) is 0 Å².